The fourth-order valence-corrected chi connectivity index (χ4v) is 4.76. The smallest absolute Gasteiger partial charge is 0.411 e. The van der Waals surface area contributed by atoms with Crippen molar-refractivity contribution in [2.75, 3.05) is 32.8 Å². The molecular weight excluding hydrogens is 444 g/mol. The fraction of sp³-hybridized carbons (Fsp3) is 0.667. The van der Waals surface area contributed by atoms with Gasteiger partial charge in [-0.2, -0.15) is 5.26 Å². The Hall–Kier alpha value is -2.79. The molecule has 1 saturated heterocycles. The normalized spacial score (nSPS) is 19.9. The van der Waals surface area contributed by atoms with Crippen molar-refractivity contribution < 1.29 is 19.1 Å². The number of amides is 2. The van der Waals surface area contributed by atoms with E-state index in [1.165, 1.54) is 4.90 Å². The molecule has 0 N–H and O–H groups in total. The lowest BCUT2D eigenvalue weighted by atomic mass is 9.93. The summed E-state index contributed by atoms with van der Waals surface area (Å²) in [7, 11) is 0. The Bertz CT molecular complexity index is 932. The maximum Gasteiger partial charge on any atom is 0.411 e. The van der Waals surface area contributed by atoms with Gasteiger partial charge in [0, 0.05) is 19.5 Å². The minimum atomic E-state index is -0.688. The number of carbonyl (C=O) groups is 2. The van der Waals surface area contributed by atoms with Gasteiger partial charge in [0.05, 0.1) is 19.2 Å². The maximum absolute atomic E-state index is 13.5. The van der Waals surface area contributed by atoms with Gasteiger partial charge in [-0.25, -0.2) is 4.79 Å². The molecule has 2 amide bonds. The number of fused-ring (bicyclic) bond motifs is 1. The van der Waals surface area contributed by atoms with Crippen LogP contribution in [0.15, 0.2) is 18.2 Å². The third-order valence-electron chi connectivity index (χ3n) is 6.69. The van der Waals surface area contributed by atoms with Crippen LogP contribution in [-0.4, -0.2) is 77.2 Å². The van der Waals surface area contributed by atoms with Gasteiger partial charge in [0.2, 0.25) is 5.91 Å². The first-order valence-corrected chi connectivity index (χ1v) is 12.8. The number of nitrogens with zero attached hydrogens (tertiary/aromatic N) is 4. The second kappa shape index (κ2) is 11.8. The van der Waals surface area contributed by atoms with Crippen LogP contribution in [0.3, 0.4) is 0 Å². The Balaban J connectivity index is 1.76. The summed E-state index contributed by atoms with van der Waals surface area (Å²) >= 11 is 0. The van der Waals surface area contributed by atoms with E-state index < -0.39 is 23.8 Å². The number of nitriles is 1. The highest BCUT2D eigenvalue weighted by molar-refractivity contribution is 5.87. The molecule has 2 heterocycles. The average Bonchev–Trinajstić information content (AvgIpc) is 3.30. The van der Waals surface area contributed by atoms with Crippen molar-refractivity contribution in [2.45, 2.75) is 84.5 Å². The Morgan fingerprint density at radius 1 is 1.17 bits per heavy atom. The molecule has 0 aromatic heterocycles. The third kappa shape index (κ3) is 6.88. The van der Waals surface area contributed by atoms with Crippen molar-refractivity contribution in [1.82, 2.24) is 14.7 Å². The molecule has 0 aliphatic carbocycles. The van der Waals surface area contributed by atoms with E-state index in [0.29, 0.717) is 26.0 Å². The summed E-state index contributed by atoms with van der Waals surface area (Å²) in [5.74, 6) is 0.587. The number of carbonyl (C=O) groups excluding carboxylic acids is 2. The first-order valence-electron chi connectivity index (χ1n) is 12.8. The Morgan fingerprint density at radius 2 is 1.91 bits per heavy atom. The Kier molecular flexibility index (Phi) is 9.01. The van der Waals surface area contributed by atoms with Crippen LogP contribution in [-0.2, 0) is 22.5 Å². The highest BCUT2D eigenvalue weighted by Gasteiger charge is 2.41. The summed E-state index contributed by atoms with van der Waals surface area (Å²) < 4.78 is 11.7. The molecule has 35 heavy (non-hydrogen) atoms. The van der Waals surface area contributed by atoms with Gasteiger partial charge in [0.25, 0.3) is 0 Å². The van der Waals surface area contributed by atoms with Crippen LogP contribution >= 0.6 is 0 Å². The molecule has 0 saturated carbocycles. The fourth-order valence-electron chi connectivity index (χ4n) is 4.76. The summed E-state index contributed by atoms with van der Waals surface area (Å²) in [6.07, 6.45) is 2.29. The largest absolute Gasteiger partial charge is 0.494 e. The minimum absolute atomic E-state index is 0.178. The number of likely N-dealkylation sites (tertiary alicyclic amines) is 1. The van der Waals surface area contributed by atoms with Crippen LogP contribution in [0.25, 0.3) is 0 Å². The molecule has 0 spiro atoms. The second-order valence-corrected chi connectivity index (χ2v) is 10.3. The highest BCUT2D eigenvalue weighted by Crippen LogP contribution is 2.31. The van der Waals surface area contributed by atoms with Crippen LogP contribution < -0.4 is 4.74 Å². The predicted octanol–water partition coefficient (Wildman–Crippen LogP) is 3.97. The van der Waals surface area contributed by atoms with Gasteiger partial charge in [0.1, 0.15) is 23.4 Å². The van der Waals surface area contributed by atoms with Gasteiger partial charge in [-0.15, -0.1) is 0 Å². The van der Waals surface area contributed by atoms with E-state index in [9.17, 15) is 14.9 Å². The number of benzene rings is 1. The minimum Gasteiger partial charge on any atom is -0.494 e. The predicted molar refractivity (Wildman–Crippen MR) is 134 cm³/mol. The van der Waals surface area contributed by atoms with Gasteiger partial charge >= 0.3 is 6.09 Å². The Morgan fingerprint density at radius 3 is 2.57 bits per heavy atom. The first kappa shape index (κ1) is 26.8. The van der Waals surface area contributed by atoms with E-state index in [0.717, 1.165) is 49.4 Å². The van der Waals surface area contributed by atoms with Gasteiger partial charge in [-0.1, -0.05) is 19.9 Å². The van der Waals surface area contributed by atoms with Crippen molar-refractivity contribution in [3.63, 3.8) is 0 Å². The van der Waals surface area contributed by atoms with Crippen LogP contribution in [0.4, 0.5) is 4.79 Å². The van der Waals surface area contributed by atoms with Gasteiger partial charge in [-0.3, -0.25) is 9.69 Å². The molecule has 1 aromatic rings. The van der Waals surface area contributed by atoms with Crippen molar-refractivity contribution in [1.29, 1.82) is 5.26 Å². The molecule has 3 rings (SSSR count). The number of rotatable bonds is 8. The zero-order chi connectivity index (χ0) is 25.6. The SMILES string of the molecule is CCN(CC)CCCOc1ccc2c(c1)CN(C(=O)OC(C)(C)C)[C@H](C(=O)N1CCC[C@H]1C#N)C2. The topological polar surface area (TPSA) is 86.1 Å². The van der Waals surface area contributed by atoms with Crippen LogP contribution in [0, 0.1) is 11.3 Å². The zero-order valence-corrected chi connectivity index (χ0v) is 21.9. The van der Waals surface area contributed by atoms with E-state index in [1.807, 2.05) is 39.0 Å². The molecule has 2 aliphatic heterocycles. The van der Waals surface area contributed by atoms with Crippen molar-refractivity contribution in [2.24, 2.45) is 0 Å². The lowest BCUT2D eigenvalue weighted by molar-refractivity contribution is -0.137. The maximum atomic E-state index is 13.5. The standard InChI is InChI=1S/C27H40N4O4/c1-6-29(7-2)13-9-15-34-23-12-11-20-17-24(25(32)30-14-8-10-22(30)18-28)31(19-21(20)16-23)26(33)35-27(3,4)5/h11-12,16,22,24H,6-10,13-15,17,19H2,1-5H3/t22-,24-/m0/s1. The van der Waals surface area contributed by atoms with Gasteiger partial charge in [-0.05, 0) is 76.4 Å². The molecule has 8 nitrogen and oxygen atoms in total. The summed E-state index contributed by atoms with van der Waals surface area (Å²) in [5.41, 5.74) is 1.30. The molecular formula is C27H40N4O4. The van der Waals surface area contributed by atoms with Crippen molar-refractivity contribution in [3.05, 3.63) is 29.3 Å². The first-order chi connectivity index (χ1) is 16.7. The number of hydrogen-bond donors (Lipinski definition) is 0. The van der Waals surface area contributed by atoms with Gasteiger partial charge < -0.3 is 19.3 Å². The molecule has 192 valence electrons. The number of hydrogen-bond acceptors (Lipinski definition) is 6. The van der Waals surface area contributed by atoms with E-state index in [2.05, 4.69) is 24.8 Å². The summed E-state index contributed by atoms with van der Waals surface area (Å²) in [5, 5.41) is 9.48. The molecule has 1 aromatic carbocycles. The third-order valence-corrected chi connectivity index (χ3v) is 6.69. The molecule has 2 atom stereocenters. The molecule has 0 bridgehead atoms. The lowest BCUT2D eigenvalue weighted by Crippen LogP contribution is -2.55. The summed E-state index contributed by atoms with van der Waals surface area (Å²) in [4.78, 5) is 32.2. The van der Waals surface area contributed by atoms with Crippen LogP contribution in [0.2, 0.25) is 0 Å². The summed E-state index contributed by atoms with van der Waals surface area (Å²) in [6.45, 7) is 14.3. The van der Waals surface area contributed by atoms with Crippen molar-refractivity contribution >= 4 is 12.0 Å². The average molecular weight is 485 g/mol. The summed E-state index contributed by atoms with van der Waals surface area (Å²) in [6, 6.07) is 7.01. The Labute approximate surface area is 209 Å². The van der Waals surface area contributed by atoms with E-state index in [-0.39, 0.29) is 12.5 Å². The highest BCUT2D eigenvalue weighted by atomic mass is 16.6. The van der Waals surface area contributed by atoms with Gasteiger partial charge in [0.15, 0.2) is 0 Å². The molecule has 0 radical (unpaired) electrons. The van der Waals surface area contributed by atoms with Crippen LogP contribution in [0.5, 0.6) is 5.75 Å². The number of ether oxygens (including phenoxy) is 2. The van der Waals surface area contributed by atoms with Crippen molar-refractivity contribution in [3.8, 4) is 11.8 Å². The van der Waals surface area contributed by atoms with E-state index in [4.69, 9.17) is 9.47 Å². The molecule has 2 aliphatic rings. The van der Waals surface area contributed by atoms with Crippen LogP contribution in [0.1, 0.15) is 65.0 Å². The quantitative estimate of drug-likeness (QED) is 0.519. The molecule has 0 unspecified atom stereocenters. The molecule has 1 fully saturated rings. The van der Waals surface area contributed by atoms with E-state index in [1.54, 1.807) is 4.90 Å². The monoisotopic (exact) mass is 484 g/mol. The van der Waals surface area contributed by atoms with E-state index >= 15 is 0 Å². The zero-order valence-electron chi connectivity index (χ0n) is 21.9. The lowest BCUT2D eigenvalue weighted by Gasteiger charge is -2.39. The molecule has 8 heteroatoms. The second-order valence-electron chi connectivity index (χ2n) is 10.3.